The van der Waals surface area contributed by atoms with Crippen LogP contribution in [0.4, 0.5) is 5.82 Å². The Morgan fingerprint density at radius 2 is 1.97 bits per heavy atom. The Balaban J connectivity index is 1.29. The highest BCUT2D eigenvalue weighted by atomic mass is 16.5. The third-order valence-corrected chi connectivity index (χ3v) is 8.21. The van der Waals surface area contributed by atoms with Crippen LogP contribution in [0, 0.1) is 41.4 Å². The molecule has 4 heterocycles. The smallest absolute Gasteiger partial charge is 0.296 e. The lowest BCUT2D eigenvalue weighted by Crippen LogP contribution is -2.64. The van der Waals surface area contributed by atoms with Crippen LogP contribution in [0.15, 0.2) is 36.8 Å². The molecule has 0 radical (unpaired) electrons. The van der Waals surface area contributed by atoms with Gasteiger partial charge in [-0.2, -0.15) is 10.4 Å². The summed E-state index contributed by atoms with van der Waals surface area (Å²) >= 11 is 0. The van der Waals surface area contributed by atoms with Gasteiger partial charge in [-0.05, 0) is 62.6 Å². The van der Waals surface area contributed by atoms with Crippen LogP contribution in [0.5, 0.6) is 5.75 Å². The number of fused-ring (bicyclic) bond motifs is 3. The van der Waals surface area contributed by atoms with Crippen molar-refractivity contribution < 1.29 is 9.53 Å². The fourth-order valence-corrected chi connectivity index (χ4v) is 6.64. The number of rotatable bonds is 6. The van der Waals surface area contributed by atoms with Gasteiger partial charge in [0.1, 0.15) is 17.6 Å². The number of amides is 1. The zero-order valence-corrected chi connectivity index (χ0v) is 20.3. The van der Waals surface area contributed by atoms with Gasteiger partial charge >= 0.3 is 0 Å². The lowest BCUT2D eigenvalue weighted by Gasteiger charge is -2.49. The second kappa shape index (κ2) is 8.57. The normalized spacial score (nSPS) is 24.8. The maximum Gasteiger partial charge on any atom is 0.296 e. The first-order chi connectivity index (χ1) is 17.6. The topological polar surface area (TPSA) is 95.5 Å². The Kier molecular flexibility index (Phi) is 5.34. The largest absolute Gasteiger partial charge is 0.492 e. The summed E-state index contributed by atoms with van der Waals surface area (Å²) in [5, 5.41) is 17.2. The van der Waals surface area contributed by atoms with Crippen molar-refractivity contribution in [1.29, 1.82) is 5.26 Å². The fraction of sp³-hybridized carbons (Fsp3) is 0.429. The molecule has 1 saturated heterocycles. The van der Waals surface area contributed by atoms with Gasteiger partial charge in [0.25, 0.3) is 5.91 Å². The summed E-state index contributed by atoms with van der Waals surface area (Å²) in [6, 6.07) is 8.27. The summed E-state index contributed by atoms with van der Waals surface area (Å²) in [6.07, 6.45) is 15.2. The standard InChI is InChI=1S/C28H28N6O2/c1-3-26(35)32-28(20-6-7-20)21-8-9-22(28)16-33(15-21)25-10-5-18(13-30-25)24-11-23(36-4-2)17-34-27(24)19(12-29)14-31-34/h1,5,10-11,13-14,17,20-22H,4,6-9,15-16H2,2H3,(H,32,35). The molecule has 6 rings (SSSR count). The zero-order valence-electron chi connectivity index (χ0n) is 20.3. The fourth-order valence-electron chi connectivity index (χ4n) is 6.64. The van der Waals surface area contributed by atoms with Crippen molar-refractivity contribution in [2.75, 3.05) is 24.6 Å². The number of carbonyl (C=O) groups is 1. The first-order valence-electron chi connectivity index (χ1n) is 12.6. The third-order valence-electron chi connectivity index (χ3n) is 8.21. The van der Waals surface area contributed by atoms with Crippen molar-refractivity contribution in [3.8, 4) is 35.3 Å². The van der Waals surface area contributed by atoms with Crippen molar-refractivity contribution >= 4 is 17.2 Å². The van der Waals surface area contributed by atoms with Crippen LogP contribution in [-0.2, 0) is 4.79 Å². The van der Waals surface area contributed by atoms with Crippen molar-refractivity contribution in [2.24, 2.45) is 17.8 Å². The number of hydrogen-bond acceptors (Lipinski definition) is 6. The number of nitriles is 1. The number of nitrogens with zero attached hydrogens (tertiary/aromatic N) is 5. The van der Waals surface area contributed by atoms with Crippen LogP contribution in [-0.4, -0.2) is 45.7 Å². The quantitative estimate of drug-likeness (QED) is 0.544. The number of ether oxygens (including phenoxy) is 1. The van der Waals surface area contributed by atoms with E-state index in [0.29, 0.717) is 35.7 Å². The van der Waals surface area contributed by atoms with Gasteiger partial charge in [-0.1, -0.05) is 0 Å². The van der Waals surface area contributed by atoms with E-state index in [9.17, 15) is 10.1 Å². The van der Waals surface area contributed by atoms with Crippen LogP contribution in [0.3, 0.4) is 0 Å². The van der Waals surface area contributed by atoms with E-state index < -0.39 is 0 Å². The highest BCUT2D eigenvalue weighted by molar-refractivity contribution is 5.93. The van der Waals surface area contributed by atoms with Gasteiger partial charge in [0.15, 0.2) is 0 Å². The summed E-state index contributed by atoms with van der Waals surface area (Å²) in [7, 11) is 0. The van der Waals surface area contributed by atoms with Gasteiger partial charge in [0, 0.05) is 42.2 Å². The molecule has 3 aliphatic rings. The summed E-state index contributed by atoms with van der Waals surface area (Å²) < 4.78 is 7.42. The Bertz CT molecular complexity index is 1390. The van der Waals surface area contributed by atoms with E-state index in [-0.39, 0.29) is 11.4 Å². The minimum atomic E-state index is -0.285. The van der Waals surface area contributed by atoms with Gasteiger partial charge in [0.2, 0.25) is 0 Å². The number of pyridine rings is 2. The van der Waals surface area contributed by atoms with Crippen LogP contribution in [0.25, 0.3) is 16.6 Å². The van der Waals surface area contributed by atoms with Crippen LogP contribution in [0.2, 0.25) is 0 Å². The molecule has 2 saturated carbocycles. The number of aromatic nitrogens is 3. The van der Waals surface area contributed by atoms with Crippen molar-refractivity contribution in [3.05, 3.63) is 42.4 Å². The molecular weight excluding hydrogens is 452 g/mol. The third kappa shape index (κ3) is 3.48. The van der Waals surface area contributed by atoms with Crippen molar-refractivity contribution in [1.82, 2.24) is 19.9 Å². The van der Waals surface area contributed by atoms with Crippen LogP contribution in [0.1, 0.15) is 38.2 Å². The minimum absolute atomic E-state index is 0.166. The average Bonchev–Trinajstić information content (AvgIpc) is 3.65. The molecule has 8 heteroatoms. The number of hydrogen-bond donors (Lipinski definition) is 1. The molecule has 2 aliphatic carbocycles. The summed E-state index contributed by atoms with van der Waals surface area (Å²) in [4.78, 5) is 19.4. The summed E-state index contributed by atoms with van der Waals surface area (Å²) in [5.41, 5.74) is 2.84. The Hall–Kier alpha value is -4.04. The van der Waals surface area contributed by atoms with Gasteiger partial charge < -0.3 is 15.0 Å². The minimum Gasteiger partial charge on any atom is -0.492 e. The molecule has 1 amide bonds. The summed E-state index contributed by atoms with van der Waals surface area (Å²) in [5.74, 6) is 4.88. The van der Waals surface area contributed by atoms with Crippen molar-refractivity contribution in [2.45, 2.75) is 38.1 Å². The maximum absolute atomic E-state index is 12.2. The monoisotopic (exact) mass is 480 g/mol. The molecule has 0 aromatic carbocycles. The Morgan fingerprint density at radius 1 is 1.22 bits per heavy atom. The Morgan fingerprint density at radius 3 is 2.58 bits per heavy atom. The van der Waals surface area contributed by atoms with Crippen molar-refractivity contribution in [3.63, 3.8) is 0 Å². The highest BCUT2D eigenvalue weighted by Gasteiger charge is 2.61. The van der Waals surface area contributed by atoms with E-state index in [1.807, 2.05) is 31.3 Å². The van der Waals surface area contributed by atoms with E-state index in [1.165, 1.54) is 12.8 Å². The van der Waals surface area contributed by atoms with E-state index in [1.54, 1.807) is 16.9 Å². The average molecular weight is 481 g/mol. The predicted molar refractivity (Wildman–Crippen MR) is 135 cm³/mol. The zero-order chi connectivity index (χ0) is 24.9. The molecule has 1 aliphatic heterocycles. The highest BCUT2D eigenvalue weighted by Crippen LogP contribution is 2.56. The number of carbonyl (C=O) groups excluding carboxylic acids is 1. The first-order valence-corrected chi connectivity index (χ1v) is 12.6. The van der Waals surface area contributed by atoms with E-state index in [0.717, 1.165) is 48.4 Å². The number of terminal acetylenes is 1. The molecule has 2 unspecified atom stereocenters. The van der Waals surface area contributed by atoms with Crippen LogP contribution >= 0.6 is 0 Å². The van der Waals surface area contributed by atoms with Crippen LogP contribution < -0.4 is 15.0 Å². The Labute approximate surface area is 210 Å². The molecule has 1 N–H and O–H groups in total. The molecule has 2 bridgehead atoms. The lowest BCUT2D eigenvalue weighted by molar-refractivity contribution is -0.119. The second-order valence-electron chi connectivity index (χ2n) is 10.1. The molecule has 182 valence electrons. The summed E-state index contributed by atoms with van der Waals surface area (Å²) in [6.45, 7) is 4.19. The van der Waals surface area contributed by atoms with E-state index in [4.69, 9.17) is 16.1 Å². The number of nitrogens with one attached hydrogen (secondary N) is 1. The maximum atomic E-state index is 12.2. The molecule has 3 aromatic heterocycles. The van der Waals surface area contributed by atoms with E-state index in [2.05, 4.69) is 27.3 Å². The molecule has 36 heavy (non-hydrogen) atoms. The predicted octanol–water partition coefficient (Wildman–Crippen LogP) is 3.41. The molecule has 3 fully saturated rings. The van der Waals surface area contributed by atoms with Gasteiger partial charge in [-0.3, -0.25) is 4.79 Å². The van der Waals surface area contributed by atoms with Gasteiger partial charge in [-0.25, -0.2) is 9.50 Å². The molecular formula is C28H28N6O2. The SMILES string of the molecule is C#CC(=O)NC1(C2CC2)C2CCC1CN(c1ccc(-c3cc(OCC)cn4ncc(C#N)c34)cn1)C2. The van der Waals surface area contributed by atoms with Gasteiger partial charge in [-0.15, -0.1) is 6.42 Å². The number of piperidine rings is 1. The van der Waals surface area contributed by atoms with E-state index >= 15 is 0 Å². The lowest BCUT2D eigenvalue weighted by atomic mass is 9.73. The second-order valence-corrected chi connectivity index (χ2v) is 10.1. The van der Waals surface area contributed by atoms with Gasteiger partial charge in [0.05, 0.1) is 35.6 Å². The molecule has 8 nitrogen and oxygen atoms in total. The number of anilines is 1. The molecule has 2 atom stereocenters. The molecule has 3 aromatic rings. The first kappa shape index (κ1) is 22.4. The molecule has 0 spiro atoms.